The van der Waals surface area contributed by atoms with E-state index in [1.165, 1.54) is 88.2 Å². The largest absolute Gasteiger partial charge is 0.508 e. The van der Waals surface area contributed by atoms with Gasteiger partial charge in [0.15, 0.2) is 0 Å². The number of aromatic hydroxyl groups is 1. The summed E-state index contributed by atoms with van der Waals surface area (Å²) in [6.45, 7) is 14.9. The highest BCUT2D eigenvalue weighted by Gasteiger charge is 2.59. The Balaban J connectivity index is 0.000000160. The van der Waals surface area contributed by atoms with Crippen molar-refractivity contribution in [2.24, 2.45) is 63.6 Å². The lowest BCUT2D eigenvalue weighted by atomic mass is 9.47. The molecule has 5 saturated carbocycles. The highest BCUT2D eigenvalue weighted by Crippen LogP contribution is 2.67. The van der Waals surface area contributed by atoms with Crippen LogP contribution in [0.4, 0.5) is 0 Å². The van der Waals surface area contributed by atoms with Gasteiger partial charge in [0.1, 0.15) is 5.75 Å². The van der Waals surface area contributed by atoms with Crippen LogP contribution in [0.2, 0.25) is 0 Å². The standard InChI is InChI=1S/C27H46O.C18H24O2/c1-18(2)7-6-8-19(3)23-11-12-24-22-10-9-20-17-21(28)13-15-26(20,4)25(22)14-16-27(23,24)5;1-18-9-8-14-13-5-3-12(19)10-11(13)2-4-15(14)16(18)6-7-17(18)20/h9,18-19,21-25,28H,6-8,10-17H2,1-5H3;3,5,10,14-17,19-20H,2,4,6-9H2,1H3/t19-,21+,22+,23-,24+,25+,26+,27-;14-,15-,16+,17+,18+/m11/s1. The van der Waals surface area contributed by atoms with Crippen LogP contribution in [-0.2, 0) is 6.42 Å². The molecule has 7 aliphatic rings. The molecule has 3 N–H and O–H groups in total. The van der Waals surface area contributed by atoms with Crippen LogP contribution in [0.5, 0.6) is 5.75 Å². The molecule has 268 valence electrons. The maximum Gasteiger partial charge on any atom is 0.115 e. The number of fused-ring (bicyclic) bond motifs is 10. The van der Waals surface area contributed by atoms with Gasteiger partial charge < -0.3 is 15.3 Å². The van der Waals surface area contributed by atoms with Crippen molar-refractivity contribution in [3.8, 4) is 5.75 Å². The Bertz CT molecular complexity index is 1330. The molecule has 0 unspecified atom stereocenters. The lowest BCUT2D eigenvalue weighted by Gasteiger charge is -2.58. The number of rotatable bonds is 5. The third kappa shape index (κ3) is 5.95. The van der Waals surface area contributed by atoms with Crippen molar-refractivity contribution < 1.29 is 15.3 Å². The molecule has 13 atom stereocenters. The average molecular weight is 659 g/mol. The Kier molecular flexibility index (Phi) is 9.75. The molecule has 5 fully saturated rings. The minimum atomic E-state index is -0.0883. The highest BCUT2D eigenvalue weighted by atomic mass is 16.3. The number of benzene rings is 1. The molecule has 7 aliphatic carbocycles. The summed E-state index contributed by atoms with van der Waals surface area (Å²) >= 11 is 0. The van der Waals surface area contributed by atoms with E-state index in [4.69, 9.17) is 0 Å². The molecule has 1 aromatic rings. The van der Waals surface area contributed by atoms with E-state index in [0.717, 1.165) is 73.5 Å². The van der Waals surface area contributed by atoms with Gasteiger partial charge in [0.25, 0.3) is 0 Å². The van der Waals surface area contributed by atoms with Crippen molar-refractivity contribution in [1.29, 1.82) is 0 Å². The SMILES string of the molecule is CC(C)CCC[C@@H](C)[C@H]1CC[C@H]2[C@@H]3CC=C4C[C@@H](O)CC[C@]4(C)[C@H]3CC[C@]12C.C[C@]12CC[C@@H]3c4ccc(O)cc4CC[C@H]3[C@@H]1CC[C@@H]2O. The van der Waals surface area contributed by atoms with E-state index in [1.54, 1.807) is 5.57 Å². The average Bonchev–Trinajstić information content (AvgIpc) is 3.57. The molecule has 8 rings (SSSR count). The Labute approximate surface area is 293 Å². The Hall–Kier alpha value is -1.32. The molecule has 0 amide bonds. The fraction of sp³-hybridized carbons (Fsp3) is 0.822. The Morgan fingerprint density at radius 1 is 0.771 bits per heavy atom. The normalized spacial score (nSPS) is 44.9. The Morgan fingerprint density at radius 3 is 2.31 bits per heavy atom. The summed E-state index contributed by atoms with van der Waals surface area (Å²) in [4.78, 5) is 0. The molecule has 3 nitrogen and oxygen atoms in total. The number of allylic oxidation sites excluding steroid dienone is 1. The first kappa shape index (κ1) is 35.1. The number of aliphatic hydroxyl groups excluding tert-OH is 2. The number of hydrogen-bond acceptors (Lipinski definition) is 3. The summed E-state index contributed by atoms with van der Waals surface area (Å²) in [5.74, 6) is 7.95. The topological polar surface area (TPSA) is 60.7 Å². The molecule has 0 spiro atoms. The zero-order chi connectivity index (χ0) is 34.0. The predicted molar refractivity (Wildman–Crippen MR) is 198 cm³/mol. The second-order valence-electron chi connectivity index (χ2n) is 19.6. The first-order valence-corrected chi connectivity index (χ1v) is 20.7. The van der Waals surface area contributed by atoms with Crippen LogP contribution >= 0.6 is 0 Å². The third-order valence-corrected chi connectivity index (χ3v) is 16.9. The lowest BCUT2D eigenvalue weighted by molar-refractivity contribution is -0.0573. The predicted octanol–water partition coefficient (Wildman–Crippen LogP) is 11.0. The quantitative estimate of drug-likeness (QED) is 0.276. The van der Waals surface area contributed by atoms with Crippen molar-refractivity contribution in [1.82, 2.24) is 0 Å². The first-order valence-electron chi connectivity index (χ1n) is 20.7. The van der Waals surface area contributed by atoms with E-state index < -0.39 is 0 Å². The van der Waals surface area contributed by atoms with Gasteiger partial charge in [0.2, 0.25) is 0 Å². The Morgan fingerprint density at radius 2 is 1.52 bits per heavy atom. The fourth-order valence-electron chi connectivity index (χ4n) is 14.2. The van der Waals surface area contributed by atoms with Gasteiger partial charge >= 0.3 is 0 Å². The van der Waals surface area contributed by atoms with Crippen LogP contribution in [-0.4, -0.2) is 27.5 Å². The van der Waals surface area contributed by atoms with E-state index in [0.29, 0.717) is 28.4 Å². The first-order chi connectivity index (χ1) is 22.8. The second-order valence-corrected chi connectivity index (χ2v) is 19.6. The third-order valence-electron chi connectivity index (χ3n) is 16.9. The minimum Gasteiger partial charge on any atom is -0.508 e. The van der Waals surface area contributed by atoms with Gasteiger partial charge in [0, 0.05) is 0 Å². The van der Waals surface area contributed by atoms with Crippen LogP contribution in [0.1, 0.15) is 161 Å². The van der Waals surface area contributed by atoms with Gasteiger partial charge in [-0.1, -0.05) is 78.5 Å². The summed E-state index contributed by atoms with van der Waals surface area (Å²) < 4.78 is 0. The number of phenolic OH excluding ortho intramolecular Hbond substituents is 1. The van der Waals surface area contributed by atoms with Gasteiger partial charge in [-0.15, -0.1) is 0 Å². The molecule has 3 heteroatoms. The molecule has 1 aromatic carbocycles. The van der Waals surface area contributed by atoms with Crippen molar-refractivity contribution in [3.05, 3.63) is 41.0 Å². The fourth-order valence-corrected chi connectivity index (χ4v) is 14.2. The summed E-state index contributed by atoms with van der Waals surface area (Å²) in [5, 5.41) is 30.3. The van der Waals surface area contributed by atoms with E-state index in [2.05, 4.69) is 53.7 Å². The number of hydrogen-bond donors (Lipinski definition) is 3. The monoisotopic (exact) mass is 659 g/mol. The van der Waals surface area contributed by atoms with Crippen LogP contribution in [0.15, 0.2) is 29.8 Å². The van der Waals surface area contributed by atoms with Gasteiger partial charge in [-0.2, -0.15) is 0 Å². The summed E-state index contributed by atoms with van der Waals surface area (Å²) in [5.41, 5.74) is 5.59. The highest BCUT2D eigenvalue weighted by molar-refractivity contribution is 5.40. The van der Waals surface area contributed by atoms with Crippen molar-refractivity contribution >= 4 is 0 Å². The summed E-state index contributed by atoms with van der Waals surface area (Å²) in [7, 11) is 0. The lowest BCUT2D eigenvalue weighted by Crippen LogP contribution is -2.50. The van der Waals surface area contributed by atoms with E-state index in [1.807, 2.05) is 12.1 Å². The maximum absolute atomic E-state index is 10.4. The van der Waals surface area contributed by atoms with Gasteiger partial charge in [-0.05, 0) is 183 Å². The van der Waals surface area contributed by atoms with Crippen molar-refractivity contribution in [2.75, 3.05) is 0 Å². The number of aliphatic hydroxyl groups is 2. The van der Waals surface area contributed by atoms with Gasteiger partial charge in [0.05, 0.1) is 12.2 Å². The molecule has 0 aromatic heterocycles. The van der Waals surface area contributed by atoms with E-state index in [9.17, 15) is 15.3 Å². The molecule has 0 aliphatic heterocycles. The second kappa shape index (κ2) is 13.3. The van der Waals surface area contributed by atoms with E-state index >= 15 is 0 Å². The minimum absolute atomic E-state index is 0.0766. The van der Waals surface area contributed by atoms with E-state index in [-0.39, 0.29) is 17.6 Å². The molecule has 0 saturated heterocycles. The summed E-state index contributed by atoms with van der Waals surface area (Å²) in [6.07, 6.45) is 23.9. The number of phenols is 1. The van der Waals surface area contributed by atoms with Crippen LogP contribution in [0, 0.1) is 63.6 Å². The maximum atomic E-state index is 10.4. The summed E-state index contributed by atoms with van der Waals surface area (Å²) in [6, 6.07) is 5.96. The molecular weight excluding hydrogens is 588 g/mol. The number of aryl methyl sites for hydroxylation is 1. The van der Waals surface area contributed by atoms with Crippen molar-refractivity contribution in [2.45, 2.75) is 169 Å². The van der Waals surface area contributed by atoms with Gasteiger partial charge in [-0.3, -0.25) is 0 Å². The van der Waals surface area contributed by atoms with Crippen LogP contribution in [0.25, 0.3) is 0 Å². The van der Waals surface area contributed by atoms with Crippen LogP contribution < -0.4 is 0 Å². The molecule has 0 radical (unpaired) electrons. The molecular formula is C45H70O3. The van der Waals surface area contributed by atoms with Crippen molar-refractivity contribution in [3.63, 3.8) is 0 Å². The molecule has 0 heterocycles. The molecule has 0 bridgehead atoms. The molecule has 48 heavy (non-hydrogen) atoms. The smallest absolute Gasteiger partial charge is 0.115 e. The van der Waals surface area contributed by atoms with Gasteiger partial charge in [-0.25, -0.2) is 0 Å². The zero-order valence-corrected chi connectivity index (χ0v) is 31.5. The zero-order valence-electron chi connectivity index (χ0n) is 31.5. The van der Waals surface area contributed by atoms with Crippen LogP contribution in [0.3, 0.4) is 0 Å².